The first kappa shape index (κ1) is 15.0. The Morgan fingerprint density at radius 3 is 2.37 bits per heavy atom. The van der Waals surface area contributed by atoms with Gasteiger partial charge in [-0.2, -0.15) is 0 Å². The molecule has 0 aliphatic carbocycles. The molecule has 0 aromatic heterocycles. The summed E-state index contributed by atoms with van der Waals surface area (Å²) in [7, 11) is 0. The van der Waals surface area contributed by atoms with E-state index >= 15 is 0 Å². The van der Waals surface area contributed by atoms with E-state index in [2.05, 4.69) is 5.32 Å². The maximum atomic E-state index is 11.8. The average molecular weight is 266 g/mol. The largest absolute Gasteiger partial charge is 0.508 e. The second-order valence-corrected chi connectivity index (χ2v) is 4.20. The summed E-state index contributed by atoms with van der Waals surface area (Å²) in [6, 6.07) is 4.69. The van der Waals surface area contributed by atoms with Crippen LogP contribution in [-0.2, 0) is 4.79 Å². The fraction of sp³-hybridized carbons (Fsp3) is 0.385. The topological polar surface area (TPSA) is 113 Å². The van der Waals surface area contributed by atoms with E-state index in [1.807, 2.05) is 0 Å². The number of nitrogens with one attached hydrogen (secondary N) is 1. The van der Waals surface area contributed by atoms with Crippen LogP contribution in [0.3, 0.4) is 0 Å². The summed E-state index contributed by atoms with van der Waals surface area (Å²) >= 11 is 0. The third kappa shape index (κ3) is 4.97. The van der Waals surface area contributed by atoms with Gasteiger partial charge >= 0.3 is 5.97 Å². The number of rotatable bonds is 7. The number of benzene rings is 1. The van der Waals surface area contributed by atoms with Crippen molar-refractivity contribution < 1.29 is 19.8 Å². The molecule has 1 amide bonds. The van der Waals surface area contributed by atoms with Crippen molar-refractivity contribution in [2.45, 2.75) is 25.3 Å². The van der Waals surface area contributed by atoms with Crippen LogP contribution in [0.25, 0.3) is 0 Å². The average Bonchev–Trinajstić information content (AvgIpc) is 2.38. The van der Waals surface area contributed by atoms with E-state index in [9.17, 15) is 9.59 Å². The summed E-state index contributed by atoms with van der Waals surface area (Å²) in [5.41, 5.74) is 5.65. The number of unbranched alkanes of at least 4 members (excludes halogenated alkanes) is 1. The van der Waals surface area contributed by atoms with Gasteiger partial charge in [0.15, 0.2) is 0 Å². The summed E-state index contributed by atoms with van der Waals surface area (Å²) in [5.74, 6) is -1.49. The van der Waals surface area contributed by atoms with E-state index in [0.717, 1.165) is 6.42 Å². The number of hydrogen-bond acceptors (Lipinski definition) is 4. The Morgan fingerprint density at radius 2 is 1.84 bits per heavy atom. The fourth-order valence-electron chi connectivity index (χ4n) is 1.60. The molecule has 0 saturated heterocycles. The van der Waals surface area contributed by atoms with Gasteiger partial charge in [-0.1, -0.05) is 0 Å². The quantitative estimate of drug-likeness (QED) is 0.543. The van der Waals surface area contributed by atoms with Crippen LogP contribution in [-0.4, -0.2) is 34.7 Å². The molecule has 0 spiro atoms. The van der Waals surface area contributed by atoms with E-state index in [1.54, 1.807) is 0 Å². The van der Waals surface area contributed by atoms with E-state index in [4.69, 9.17) is 15.9 Å². The van der Waals surface area contributed by atoms with Gasteiger partial charge in [0.05, 0.1) is 0 Å². The van der Waals surface area contributed by atoms with Crippen LogP contribution in [0.5, 0.6) is 5.75 Å². The Balaban J connectivity index is 2.60. The SMILES string of the molecule is NCCCC[C@H](NC(=O)c1ccc(O)cc1)C(=O)O. The summed E-state index contributed by atoms with van der Waals surface area (Å²) in [6.07, 6.45) is 1.71. The minimum absolute atomic E-state index is 0.0503. The number of hydrogen-bond donors (Lipinski definition) is 4. The molecule has 0 aliphatic rings. The minimum Gasteiger partial charge on any atom is -0.508 e. The van der Waals surface area contributed by atoms with Gasteiger partial charge in [0.1, 0.15) is 11.8 Å². The standard InChI is InChI=1S/C13H18N2O4/c14-8-2-1-3-11(13(18)19)15-12(17)9-4-6-10(16)7-5-9/h4-7,11,16H,1-3,8,14H2,(H,15,17)(H,18,19)/t11-/m0/s1. The number of carbonyl (C=O) groups excluding carboxylic acids is 1. The summed E-state index contributed by atoms with van der Waals surface area (Å²) < 4.78 is 0. The van der Waals surface area contributed by atoms with Crippen LogP contribution in [0.4, 0.5) is 0 Å². The van der Waals surface area contributed by atoms with Crippen molar-refractivity contribution in [2.24, 2.45) is 5.73 Å². The number of carboxylic acids is 1. The molecule has 1 aromatic carbocycles. The molecule has 5 N–H and O–H groups in total. The summed E-state index contributed by atoms with van der Waals surface area (Å²) in [5, 5.41) is 20.6. The number of phenols is 1. The molecule has 0 aliphatic heterocycles. The first-order chi connectivity index (χ1) is 9.04. The van der Waals surface area contributed by atoms with Crippen molar-refractivity contribution in [1.82, 2.24) is 5.32 Å². The highest BCUT2D eigenvalue weighted by Gasteiger charge is 2.19. The fourth-order valence-corrected chi connectivity index (χ4v) is 1.60. The predicted octanol–water partition coefficient (Wildman–Crippen LogP) is 0.704. The highest BCUT2D eigenvalue weighted by molar-refractivity contribution is 5.96. The van der Waals surface area contributed by atoms with E-state index in [0.29, 0.717) is 24.9 Å². The zero-order valence-electron chi connectivity index (χ0n) is 10.5. The van der Waals surface area contributed by atoms with Crippen molar-refractivity contribution in [3.8, 4) is 5.75 Å². The zero-order valence-corrected chi connectivity index (χ0v) is 10.5. The lowest BCUT2D eigenvalue weighted by Gasteiger charge is -2.14. The van der Waals surface area contributed by atoms with Gasteiger partial charge in [0.2, 0.25) is 0 Å². The molecule has 6 nitrogen and oxygen atoms in total. The molecule has 1 rings (SSSR count). The molecule has 0 heterocycles. The molecule has 0 radical (unpaired) electrons. The maximum Gasteiger partial charge on any atom is 0.326 e. The normalized spacial score (nSPS) is 11.8. The van der Waals surface area contributed by atoms with Gasteiger partial charge in [-0.15, -0.1) is 0 Å². The molecule has 0 saturated carbocycles. The molecule has 0 unspecified atom stereocenters. The molecule has 1 atom stereocenters. The highest BCUT2D eigenvalue weighted by Crippen LogP contribution is 2.10. The Bertz CT molecular complexity index is 431. The molecular weight excluding hydrogens is 248 g/mol. The number of carbonyl (C=O) groups is 2. The third-order valence-corrected chi connectivity index (χ3v) is 2.68. The summed E-state index contributed by atoms with van der Waals surface area (Å²) in [4.78, 5) is 22.9. The lowest BCUT2D eigenvalue weighted by molar-refractivity contribution is -0.139. The van der Waals surface area contributed by atoms with E-state index < -0.39 is 17.9 Å². The molecule has 104 valence electrons. The van der Waals surface area contributed by atoms with Gasteiger partial charge < -0.3 is 21.3 Å². The van der Waals surface area contributed by atoms with Crippen molar-refractivity contribution in [2.75, 3.05) is 6.54 Å². The molecule has 0 fully saturated rings. The van der Waals surface area contributed by atoms with Gasteiger partial charge in [-0.3, -0.25) is 4.79 Å². The van der Waals surface area contributed by atoms with Crippen molar-refractivity contribution in [1.29, 1.82) is 0 Å². The smallest absolute Gasteiger partial charge is 0.326 e. The second kappa shape index (κ2) is 7.38. The maximum absolute atomic E-state index is 11.8. The number of aromatic hydroxyl groups is 1. The van der Waals surface area contributed by atoms with Gasteiger partial charge in [-0.25, -0.2) is 4.79 Å². The summed E-state index contributed by atoms with van der Waals surface area (Å²) in [6.45, 7) is 0.498. The van der Waals surface area contributed by atoms with Crippen LogP contribution in [0, 0.1) is 0 Å². The molecule has 1 aromatic rings. The van der Waals surface area contributed by atoms with Crippen molar-refractivity contribution in [3.63, 3.8) is 0 Å². The number of aliphatic carboxylic acids is 1. The van der Waals surface area contributed by atoms with E-state index in [-0.39, 0.29) is 5.75 Å². The Hall–Kier alpha value is -2.08. The van der Waals surface area contributed by atoms with Gasteiger partial charge in [-0.05, 0) is 50.1 Å². The van der Waals surface area contributed by atoms with Crippen LogP contribution in [0.1, 0.15) is 29.6 Å². The monoisotopic (exact) mass is 266 g/mol. The minimum atomic E-state index is -1.07. The van der Waals surface area contributed by atoms with Crippen LogP contribution in [0.2, 0.25) is 0 Å². The number of phenolic OH excluding ortho intramolecular Hbond substituents is 1. The first-order valence-electron chi connectivity index (χ1n) is 6.07. The van der Waals surface area contributed by atoms with Crippen molar-refractivity contribution in [3.05, 3.63) is 29.8 Å². The number of amides is 1. The molecular formula is C13H18N2O4. The first-order valence-corrected chi connectivity index (χ1v) is 6.07. The third-order valence-electron chi connectivity index (χ3n) is 2.68. The number of carboxylic acid groups (broad SMARTS) is 1. The number of nitrogens with two attached hydrogens (primary N) is 1. The van der Waals surface area contributed by atoms with Gasteiger partial charge in [0, 0.05) is 5.56 Å². The zero-order chi connectivity index (χ0) is 14.3. The van der Waals surface area contributed by atoms with Crippen LogP contribution in [0.15, 0.2) is 24.3 Å². The lowest BCUT2D eigenvalue weighted by Crippen LogP contribution is -2.40. The van der Waals surface area contributed by atoms with Crippen LogP contribution >= 0.6 is 0 Å². The molecule has 19 heavy (non-hydrogen) atoms. The lowest BCUT2D eigenvalue weighted by atomic mass is 10.1. The predicted molar refractivity (Wildman–Crippen MR) is 69.9 cm³/mol. The Morgan fingerprint density at radius 1 is 1.21 bits per heavy atom. The van der Waals surface area contributed by atoms with Gasteiger partial charge in [0.25, 0.3) is 5.91 Å². The van der Waals surface area contributed by atoms with E-state index in [1.165, 1.54) is 24.3 Å². The molecule has 0 bridgehead atoms. The Labute approximate surface area is 111 Å². The Kier molecular flexibility index (Phi) is 5.81. The van der Waals surface area contributed by atoms with Crippen molar-refractivity contribution >= 4 is 11.9 Å². The van der Waals surface area contributed by atoms with Crippen LogP contribution < -0.4 is 11.1 Å². The highest BCUT2D eigenvalue weighted by atomic mass is 16.4. The molecule has 6 heteroatoms. The second-order valence-electron chi connectivity index (χ2n) is 4.20.